The molecule has 0 unspecified atom stereocenters. The van der Waals surface area contributed by atoms with Crippen LogP contribution in [0, 0.1) is 10.1 Å². The predicted molar refractivity (Wildman–Crippen MR) is 71.5 cm³/mol. The second kappa shape index (κ2) is 5.24. The van der Waals surface area contributed by atoms with Crippen molar-refractivity contribution in [1.82, 2.24) is 20.2 Å². The average Bonchev–Trinajstić information content (AvgIpc) is 3.01. The fourth-order valence-electron chi connectivity index (χ4n) is 2.58. The van der Waals surface area contributed by atoms with Crippen LogP contribution in [0.15, 0.2) is 24.7 Å². The van der Waals surface area contributed by atoms with Gasteiger partial charge in [0.15, 0.2) is 0 Å². The number of aromatic amines is 1. The summed E-state index contributed by atoms with van der Waals surface area (Å²) in [5.41, 5.74) is 0.0470. The van der Waals surface area contributed by atoms with Gasteiger partial charge in [0, 0.05) is 31.3 Å². The van der Waals surface area contributed by atoms with Gasteiger partial charge in [0.25, 0.3) is 0 Å². The third-order valence-electron chi connectivity index (χ3n) is 3.50. The monoisotopic (exact) mass is 274 g/mol. The van der Waals surface area contributed by atoms with E-state index in [0.29, 0.717) is 12.4 Å². The van der Waals surface area contributed by atoms with Crippen molar-refractivity contribution >= 4 is 11.5 Å². The first-order valence-corrected chi connectivity index (χ1v) is 6.45. The molecule has 1 saturated heterocycles. The molecule has 1 atom stereocenters. The van der Waals surface area contributed by atoms with Crippen LogP contribution >= 0.6 is 0 Å². The van der Waals surface area contributed by atoms with E-state index in [9.17, 15) is 10.1 Å². The molecule has 1 aliphatic heterocycles. The first-order valence-electron chi connectivity index (χ1n) is 6.45. The molecule has 1 fully saturated rings. The molecule has 0 amide bonds. The van der Waals surface area contributed by atoms with Crippen LogP contribution in [0.2, 0.25) is 0 Å². The second-order valence-corrected chi connectivity index (χ2v) is 4.76. The predicted octanol–water partition coefficient (Wildman–Crippen LogP) is 1.49. The molecule has 3 heterocycles. The van der Waals surface area contributed by atoms with E-state index < -0.39 is 0 Å². The Morgan fingerprint density at radius 3 is 3.10 bits per heavy atom. The van der Waals surface area contributed by atoms with E-state index in [1.165, 1.54) is 12.4 Å². The van der Waals surface area contributed by atoms with Gasteiger partial charge >= 0.3 is 5.69 Å². The van der Waals surface area contributed by atoms with Gasteiger partial charge in [-0.2, -0.15) is 5.10 Å². The van der Waals surface area contributed by atoms with Crippen molar-refractivity contribution in [2.75, 3.05) is 18.0 Å². The molecule has 0 aromatic carbocycles. The van der Waals surface area contributed by atoms with Gasteiger partial charge in [0.1, 0.15) is 12.2 Å². The number of rotatable bonds is 3. The molecule has 104 valence electrons. The Balaban J connectivity index is 1.86. The molecular formula is C12H14N6O2. The molecule has 0 radical (unpaired) electrons. The maximum absolute atomic E-state index is 11.1. The lowest BCUT2D eigenvalue weighted by molar-refractivity contribution is -0.384. The van der Waals surface area contributed by atoms with Crippen LogP contribution in [0.3, 0.4) is 0 Å². The second-order valence-electron chi connectivity index (χ2n) is 4.76. The summed E-state index contributed by atoms with van der Waals surface area (Å²) in [7, 11) is 0. The van der Waals surface area contributed by atoms with Crippen LogP contribution in [-0.2, 0) is 0 Å². The van der Waals surface area contributed by atoms with Gasteiger partial charge < -0.3 is 4.90 Å². The summed E-state index contributed by atoms with van der Waals surface area (Å²) in [5.74, 6) is 1.46. The zero-order chi connectivity index (χ0) is 13.9. The Morgan fingerprint density at radius 2 is 2.35 bits per heavy atom. The average molecular weight is 274 g/mol. The lowest BCUT2D eigenvalue weighted by atomic mass is 9.97. The van der Waals surface area contributed by atoms with Crippen LogP contribution in [0.25, 0.3) is 0 Å². The lowest BCUT2D eigenvalue weighted by Crippen LogP contribution is -2.35. The minimum absolute atomic E-state index is 0.0470. The van der Waals surface area contributed by atoms with Gasteiger partial charge in [-0.25, -0.2) is 9.97 Å². The Bertz CT molecular complexity index is 600. The van der Waals surface area contributed by atoms with Crippen molar-refractivity contribution in [3.05, 3.63) is 40.6 Å². The van der Waals surface area contributed by atoms with Crippen LogP contribution in [0.1, 0.15) is 24.6 Å². The summed E-state index contributed by atoms with van der Waals surface area (Å²) in [4.78, 5) is 21.0. The summed E-state index contributed by atoms with van der Waals surface area (Å²) in [6.45, 7) is 1.43. The summed E-state index contributed by atoms with van der Waals surface area (Å²) in [6, 6.07) is 3.07. The lowest BCUT2D eigenvalue weighted by Gasteiger charge is -2.32. The fraction of sp³-hybridized carbons (Fsp3) is 0.417. The first kappa shape index (κ1) is 12.5. The first-order chi connectivity index (χ1) is 9.75. The number of H-pyrrole nitrogens is 1. The molecule has 0 aliphatic carbocycles. The number of hydrogen-bond donors (Lipinski definition) is 1. The van der Waals surface area contributed by atoms with E-state index in [2.05, 4.69) is 20.2 Å². The molecule has 0 spiro atoms. The Kier molecular flexibility index (Phi) is 3.28. The summed E-state index contributed by atoms with van der Waals surface area (Å²) >= 11 is 0. The molecule has 8 heteroatoms. The van der Waals surface area contributed by atoms with Crippen LogP contribution in [0.4, 0.5) is 11.5 Å². The number of anilines is 1. The number of aromatic nitrogens is 4. The summed E-state index contributed by atoms with van der Waals surface area (Å²) < 4.78 is 0. The zero-order valence-corrected chi connectivity index (χ0v) is 10.8. The van der Waals surface area contributed by atoms with Crippen molar-refractivity contribution in [2.24, 2.45) is 0 Å². The van der Waals surface area contributed by atoms with Crippen molar-refractivity contribution in [3.63, 3.8) is 0 Å². The van der Waals surface area contributed by atoms with E-state index in [4.69, 9.17) is 0 Å². The SMILES string of the molecule is O=[N+]([O-])c1cccnc1N1CCC[C@H](c2ncn[nH]2)C1. The van der Waals surface area contributed by atoms with E-state index in [1.807, 2.05) is 4.90 Å². The maximum Gasteiger partial charge on any atom is 0.311 e. The highest BCUT2D eigenvalue weighted by Crippen LogP contribution is 2.31. The minimum atomic E-state index is -0.388. The Hall–Kier alpha value is -2.51. The summed E-state index contributed by atoms with van der Waals surface area (Å²) in [6.07, 6.45) is 5.00. The van der Waals surface area contributed by atoms with E-state index in [1.54, 1.807) is 12.3 Å². The zero-order valence-electron chi connectivity index (χ0n) is 10.8. The molecule has 20 heavy (non-hydrogen) atoms. The highest BCUT2D eigenvalue weighted by atomic mass is 16.6. The van der Waals surface area contributed by atoms with E-state index in [-0.39, 0.29) is 16.5 Å². The molecule has 2 aromatic rings. The Morgan fingerprint density at radius 1 is 1.45 bits per heavy atom. The van der Waals surface area contributed by atoms with Gasteiger partial charge in [-0.3, -0.25) is 15.2 Å². The standard InChI is InChI=1S/C12H14N6O2/c19-18(20)10-4-1-5-13-12(10)17-6-2-3-9(7-17)11-14-8-15-16-11/h1,4-5,8-9H,2-3,6-7H2,(H,14,15,16)/t9-/m0/s1. The molecule has 1 N–H and O–H groups in total. The van der Waals surface area contributed by atoms with Gasteiger partial charge in [0.05, 0.1) is 4.92 Å². The molecule has 1 aliphatic rings. The number of piperidine rings is 1. The van der Waals surface area contributed by atoms with Crippen molar-refractivity contribution < 1.29 is 4.92 Å². The molecule has 8 nitrogen and oxygen atoms in total. The van der Waals surface area contributed by atoms with Crippen molar-refractivity contribution in [3.8, 4) is 0 Å². The van der Waals surface area contributed by atoms with Crippen LogP contribution in [-0.4, -0.2) is 38.2 Å². The van der Waals surface area contributed by atoms with Gasteiger partial charge in [-0.15, -0.1) is 0 Å². The van der Waals surface area contributed by atoms with Gasteiger partial charge in [-0.05, 0) is 18.9 Å². The topological polar surface area (TPSA) is 101 Å². The smallest absolute Gasteiger partial charge is 0.311 e. The van der Waals surface area contributed by atoms with Gasteiger partial charge in [0.2, 0.25) is 5.82 Å². The quantitative estimate of drug-likeness (QED) is 0.672. The van der Waals surface area contributed by atoms with Crippen LogP contribution in [0.5, 0.6) is 0 Å². The molecule has 3 rings (SSSR count). The number of nitro groups is 1. The number of hydrogen-bond acceptors (Lipinski definition) is 6. The Labute approximate surface area is 115 Å². The molecule has 0 saturated carbocycles. The third-order valence-corrected chi connectivity index (χ3v) is 3.50. The summed E-state index contributed by atoms with van der Waals surface area (Å²) in [5, 5.41) is 17.8. The number of pyridine rings is 1. The van der Waals surface area contributed by atoms with Crippen molar-refractivity contribution in [1.29, 1.82) is 0 Å². The largest absolute Gasteiger partial charge is 0.350 e. The number of nitrogens with zero attached hydrogens (tertiary/aromatic N) is 5. The maximum atomic E-state index is 11.1. The third kappa shape index (κ3) is 2.31. The molecule has 2 aromatic heterocycles. The van der Waals surface area contributed by atoms with E-state index >= 15 is 0 Å². The van der Waals surface area contributed by atoms with Crippen LogP contribution < -0.4 is 4.90 Å². The highest BCUT2D eigenvalue weighted by Gasteiger charge is 2.28. The van der Waals surface area contributed by atoms with E-state index in [0.717, 1.165) is 25.2 Å². The minimum Gasteiger partial charge on any atom is -0.350 e. The number of nitrogens with one attached hydrogen (secondary N) is 1. The van der Waals surface area contributed by atoms with Gasteiger partial charge in [-0.1, -0.05) is 0 Å². The molecular weight excluding hydrogens is 260 g/mol. The normalized spacial score (nSPS) is 19.0. The fourth-order valence-corrected chi connectivity index (χ4v) is 2.58. The molecule has 0 bridgehead atoms. The van der Waals surface area contributed by atoms with Crippen molar-refractivity contribution in [2.45, 2.75) is 18.8 Å². The highest BCUT2D eigenvalue weighted by molar-refractivity contribution is 5.57.